The fourth-order valence-electron chi connectivity index (χ4n) is 3.98. The molecule has 8 nitrogen and oxygen atoms in total. The Hall–Kier alpha value is -3.23. The van der Waals surface area contributed by atoms with Crippen LogP contribution in [0.25, 0.3) is 21.9 Å². The molecule has 8 heteroatoms. The van der Waals surface area contributed by atoms with E-state index >= 15 is 0 Å². The number of ether oxygens (including phenoxy) is 1. The van der Waals surface area contributed by atoms with Gasteiger partial charge >= 0.3 is 0 Å². The van der Waals surface area contributed by atoms with Gasteiger partial charge in [0.1, 0.15) is 11.8 Å². The van der Waals surface area contributed by atoms with E-state index < -0.39 is 0 Å². The number of benzene rings is 2. The van der Waals surface area contributed by atoms with E-state index in [-0.39, 0.29) is 6.04 Å². The van der Waals surface area contributed by atoms with Crippen LogP contribution in [0.5, 0.6) is 0 Å². The van der Waals surface area contributed by atoms with E-state index in [1.54, 1.807) is 20.5 Å². The summed E-state index contributed by atoms with van der Waals surface area (Å²) in [5.41, 5.74) is 16.0. The van der Waals surface area contributed by atoms with Crippen molar-refractivity contribution >= 4 is 33.4 Å². The van der Waals surface area contributed by atoms with Gasteiger partial charge in [-0.05, 0) is 23.3 Å². The van der Waals surface area contributed by atoms with Gasteiger partial charge in [-0.15, -0.1) is 0 Å². The van der Waals surface area contributed by atoms with E-state index in [9.17, 15) is 0 Å². The molecule has 0 amide bonds. The molecule has 1 unspecified atom stereocenters. The minimum absolute atomic E-state index is 0.228. The van der Waals surface area contributed by atoms with Crippen LogP contribution in [0, 0.1) is 0 Å². The Bertz CT molecular complexity index is 1160. The molecule has 4 N–H and O–H groups in total. The first kappa shape index (κ1) is 20.1. The molecule has 156 valence electrons. The van der Waals surface area contributed by atoms with Crippen molar-refractivity contribution in [2.75, 3.05) is 37.9 Å². The zero-order valence-electron chi connectivity index (χ0n) is 17.3. The van der Waals surface area contributed by atoms with Gasteiger partial charge in [-0.1, -0.05) is 30.3 Å². The van der Waals surface area contributed by atoms with Crippen LogP contribution in [0.15, 0.2) is 49.1 Å². The van der Waals surface area contributed by atoms with Gasteiger partial charge in [-0.3, -0.25) is 0 Å². The lowest BCUT2D eigenvalue weighted by Crippen LogP contribution is -2.27. The van der Waals surface area contributed by atoms with Crippen molar-refractivity contribution in [3.05, 3.63) is 54.6 Å². The van der Waals surface area contributed by atoms with E-state index in [4.69, 9.17) is 11.5 Å². The van der Waals surface area contributed by atoms with Crippen molar-refractivity contribution in [2.24, 2.45) is 5.73 Å². The maximum absolute atomic E-state index is 6.16. The first-order valence-corrected chi connectivity index (χ1v) is 9.95. The molecular weight excluding hydrogens is 378 g/mol. The lowest BCUT2D eigenvalue weighted by molar-refractivity contribution is 0.277. The van der Waals surface area contributed by atoms with Gasteiger partial charge in [-0.25, -0.2) is 15.0 Å². The molecule has 1 saturated heterocycles. The molecule has 1 aliphatic rings. The second kappa shape index (κ2) is 8.64. The maximum Gasteiger partial charge on any atom is 0.165 e. The molecule has 0 aliphatic carbocycles. The van der Waals surface area contributed by atoms with Gasteiger partial charge in [0.25, 0.3) is 0 Å². The number of aromatic nitrogens is 4. The number of fused-ring (bicyclic) bond motifs is 2. The molecule has 30 heavy (non-hydrogen) atoms. The van der Waals surface area contributed by atoms with Crippen LogP contribution in [0.3, 0.4) is 0 Å². The summed E-state index contributed by atoms with van der Waals surface area (Å²) in [6.45, 7) is 2.52. The minimum Gasteiger partial charge on any atom is -0.388 e. The minimum atomic E-state index is 0.228. The fraction of sp³-hybridized carbons (Fsp3) is 0.318. The molecule has 2 aromatic carbocycles. The van der Waals surface area contributed by atoms with Crippen molar-refractivity contribution in [1.82, 2.24) is 19.5 Å². The Kier molecular flexibility index (Phi) is 5.78. The SMILES string of the molecule is COC.Nc1ncnc2c1ncn2Cc1c(N2CCC(N)C2)ccc2ccccc12. The summed E-state index contributed by atoms with van der Waals surface area (Å²) < 4.78 is 6.29. The number of rotatable bonds is 3. The summed E-state index contributed by atoms with van der Waals surface area (Å²) in [4.78, 5) is 15.2. The summed E-state index contributed by atoms with van der Waals surface area (Å²) >= 11 is 0. The van der Waals surface area contributed by atoms with Gasteiger partial charge in [-0.2, -0.15) is 0 Å². The zero-order valence-corrected chi connectivity index (χ0v) is 17.3. The van der Waals surface area contributed by atoms with Gasteiger partial charge in [0, 0.05) is 44.6 Å². The van der Waals surface area contributed by atoms with Crippen LogP contribution >= 0.6 is 0 Å². The topological polar surface area (TPSA) is 108 Å². The summed E-state index contributed by atoms with van der Waals surface area (Å²) in [7, 11) is 3.25. The molecule has 3 heterocycles. The second-order valence-corrected chi connectivity index (χ2v) is 7.49. The first-order chi connectivity index (χ1) is 14.6. The number of hydrogen-bond acceptors (Lipinski definition) is 7. The van der Waals surface area contributed by atoms with E-state index in [1.165, 1.54) is 28.4 Å². The summed E-state index contributed by atoms with van der Waals surface area (Å²) in [5.74, 6) is 0.405. The molecule has 1 atom stereocenters. The monoisotopic (exact) mass is 405 g/mol. The van der Waals surface area contributed by atoms with E-state index in [1.807, 2.05) is 4.57 Å². The molecule has 0 spiro atoms. The zero-order chi connectivity index (χ0) is 21.1. The van der Waals surface area contributed by atoms with Crippen molar-refractivity contribution in [3.63, 3.8) is 0 Å². The predicted octanol–water partition coefficient (Wildman–Crippen LogP) is 2.41. The highest BCUT2D eigenvalue weighted by molar-refractivity contribution is 5.91. The number of methoxy groups -OCH3 is 1. The van der Waals surface area contributed by atoms with E-state index in [0.717, 1.165) is 25.2 Å². The summed E-state index contributed by atoms with van der Waals surface area (Å²) in [6.07, 6.45) is 4.29. The number of nitrogens with zero attached hydrogens (tertiary/aromatic N) is 5. The van der Waals surface area contributed by atoms with Crippen LogP contribution < -0.4 is 16.4 Å². The third-order valence-corrected chi connectivity index (χ3v) is 5.34. The van der Waals surface area contributed by atoms with E-state index in [2.05, 4.69) is 61.0 Å². The van der Waals surface area contributed by atoms with Crippen LogP contribution in [0.4, 0.5) is 11.5 Å². The number of hydrogen-bond donors (Lipinski definition) is 2. The van der Waals surface area contributed by atoms with Crippen LogP contribution in [-0.2, 0) is 11.3 Å². The van der Waals surface area contributed by atoms with Gasteiger partial charge < -0.3 is 25.7 Å². The standard InChI is InChI=1S/C20H21N7.C2H6O/c21-14-7-8-26(9-14)17-6-5-13-3-1-2-4-15(13)16(17)10-27-12-25-18-19(22)23-11-24-20(18)27;1-3-2/h1-6,11-12,14H,7-10,21H2,(H2,22,23,24);1-2H3. The maximum atomic E-state index is 6.16. The van der Waals surface area contributed by atoms with Crippen LogP contribution in [-0.4, -0.2) is 52.9 Å². The smallest absolute Gasteiger partial charge is 0.165 e. The lowest BCUT2D eigenvalue weighted by Gasteiger charge is -2.23. The molecule has 1 aliphatic heterocycles. The van der Waals surface area contributed by atoms with Crippen molar-refractivity contribution in [2.45, 2.75) is 19.0 Å². The molecule has 5 rings (SSSR count). The fourth-order valence-corrected chi connectivity index (χ4v) is 3.98. The Morgan fingerprint density at radius 1 is 1.10 bits per heavy atom. The lowest BCUT2D eigenvalue weighted by atomic mass is 10.0. The highest BCUT2D eigenvalue weighted by Crippen LogP contribution is 2.32. The summed E-state index contributed by atoms with van der Waals surface area (Å²) in [5, 5.41) is 2.46. The number of imidazole rings is 1. The van der Waals surface area contributed by atoms with Crippen molar-refractivity contribution < 1.29 is 4.74 Å². The Morgan fingerprint density at radius 2 is 1.90 bits per heavy atom. The highest BCUT2D eigenvalue weighted by Gasteiger charge is 2.23. The van der Waals surface area contributed by atoms with Crippen molar-refractivity contribution in [1.29, 1.82) is 0 Å². The molecule has 0 bridgehead atoms. The summed E-state index contributed by atoms with van der Waals surface area (Å²) in [6, 6.07) is 13.1. The highest BCUT2D eigenvalue weighted by atomic mass is 16.4. The molecule has 1 fully saturated rings. The molecule has 0 saturated carbocycles. The molecule has 4 aromatic rings. The average Bonchev–Trinajstić information content (AvgIpc) is 3.36. The Balaban J connectivity index is 0.000000687. The van der Waals surface area contributed by atoms with Gasteiger partial charge in [0.15, 0.2) is 11.5 Å². The van der Waals surface area contributed by atoms with E-state index in [0.29, 0.717) is 17.9 Å². The van der Waals surface area contributed by atoms with Crippen molar-refractivity contribution in [3.8, 4) is 0 Å². The van der Waals surface area contributed by atoms with Gasteiger partial charge in [0.2, 0.25) is 0 Å². The molecule has 0 radical (unpaired) electrons. The Labute approximate surface area is 175 Å². The quantitative estimate of drug-likeness (QED) is 0.539. The third kappa shape index (κ3) is 3.79. The average molecular weight is 406 g/mol. The number of nitrogens with two attached hydrogens (primary N) is 2. The Morgan fingerprint density at radius 3 is 2.67 bits per heavy atom. The largest absolute Gasteiger partial charge is 0.388 e. The van der Waals surface area contributed by atoms with Crippen LogP contribution in [0.1, 0.15) is 12.0 Å². The normalized spacial score (nSPS) is 16.1. The second-order valence-electron chi connectivity index (χ2n) is 7.49. The van der Waals surface area contributed by atoms with Gasteiger partial charge in [0.05, 0.1) is 12.9 Å². The number of anilines is 2. The molecular formula is C22H27N7O. The predicted molar refractivity (Wildman–Crippen MR) is 121 cm³/mol. The van der Waals surface area contributed by atoms with Crippen LogP contribution in [0.2, 0.25) is 0 Å². The molecule has 2 aromatic heterocycles. The number of nitrogen functional groups attached to an aromatic ring is 1. The first-order valence-electron chi connectivity index (χ1n) is 9.95. The third-order valence-electron chi connectivity index (χ3n) is 5.34.